The molecule has 220 valence electrons. The number of likely N-dealkylation sites (tertiary alicyclic amines) is 1. The van der Waals surface area contributed by atoms with Crippen molar-refractivity contribution < 1.29 is 23.6 Å². The van der Waals surface area contributed by atoms with E-state index in [1.807, 2.05) is 99.3 Å². The molecular formula is C34H41BN2O5. The molecule has 2 fully saturated rings. The molecule has 2 saturated heterocycles. The number of nitrogens with zero attached hydrogens (tertiary/aromatic N) is 1. The van der Waals surface area contributed by atoms with Crippen molar-refractivity contribution in [1.29, 1.82) is 0 Å². The summed E-state index contributed by atoms with van der Waals surface area (Å²) in [6.45, 7) is 10.3. The highest BCUT2D eigenvalue weighted by atomic mass is 16.7. The van der Waals surface area contributed by atoms with Crippen molar-refractivity contribution in [2.24, 2.45) is 0 Å². The zero-order valence-corrected chi connectivity index (χ0v) is 25.1. The summed E-state index contributed by atoms with van der Waals surface area (Å²) in [5.74, 6) is 0.525. The molecule has 5 rings (SSSR count). The van der Waals surface area contributed by atoms with Crippen LogP contribution >= 0.6 is 0 Å². The maximum atomic E-state index is 13.2. The molecule has 3 aromatic carbocycles. The van der Waals surface area contributed by atoms with E-state index in [0.717, 1.165) is 48.1 Å². The molecule has 2 aliphatic rings. The van der Waals surface area contributed by atoms with Crippen molar-refractivity contribution in [2.75, 3.05) is 13.1 Å². The molecule has 0 aromatic heterocycles. The van der Waals surface area contributed by atoms with Crippen LogP contribution in [-0.4, -0.2) is 48.3 Å². The van der Waals surface area contributed by atoms with Crippen molar-refractivity contribution >= 4 is 24.6 Å². The molecule has 3 aromatic rings. The highest BCUT2D eigenvalue weighted by molar-refractivity contribution is 6.62. The molecule has 2 amide bonds. The number of hydrogen-bond acceptors (Lipinski definition) is 5. The number of ether oxygens (including phenoxy) is 1. The van der Waals surface area contributed by atoms with Gasteiger partial charge in [0, 0.05) is 19.6 Å². The molecule has 7 nitrogen and oxygen atoms in total. The summed E-state index contributed by atoms with van der Waals surface area (Å²) < 4.78 is 17.7. The highest BCUT2D eigenvalue weighted by Crippen LogP contribution is 2.36. The summed E-state index contributed by atoms with van der Waals surface area (Å²) in [4.78, 5) is 27.3. The Morgan fingerprint density at radius 3 is 2.21 bits per heavy atom. The Labute approximate surface area is 249 Å². The first kappa shape index (κ1) is 29.9. The van der Waals surface area contributed by atoms with Gasteiger partial charge in [-0.05, 0) is 74.2 Å². The van der Waals surface area contributed by atoms with Crippen LogP contribution < -0.4 is 10.8 Å². The third-order valence-corrected chi connectivity index (χ3v) is 8.75. The number of hydrogen-bond donors (Lipinski definition) is 1. The van der Waals surface area contributed by atoms with Gasteiger partial charge < -0.3 is 24.3 Å². The van der Waals surface area contributed by atoms with Crippen LogP contribution in [0.25, 0.3) is 0 Å². The van der Waals surface area contributed by atoms with Gasteiger partial charge in [-0.15, -0.1) is 0 Å². The standard InChI is InChI=1S/C34H41BN2O5/c1-33(2)34(3,4)42-35(41-33)30-15-9-12-26(21-30)22-31(38)37-18-16-28(17-19-37)29-14-8-13-27(20-29)23-36-32(39)40-24-25-10-6-5-7-11-25/h5-15,20-21,28H,16-19,22-24H2,1-4H3,(H,36,39). The van der Waals surface area contributed by atoms with Gasteiger partial charge in [-0.2, -0.15) is 0 Å². The first-order valence-electron chi connectivity index (χ1n) is 14.9. The monoisotopic (exact) mass is 568 g/mol. The average Bonchev–Trinajstić information content (AvgIpc) is 3.22. The Kier molecular flexibility index (Phi) is 9.04. The molecule has 0 unspecified atom stereocenters. The van der Waals surface area contributed by atoms with E-state index in [9.17, 15) is 9.59 Å². The summed E-state index contributed by atoms with van der Waals surface area (Å²) in [6.07, 6.45) is 1.75. The van der Waals surface area contributed by atoms with Crippen LogP contribution in [0.4, 0.5) is 4.79 Å². The molecule has 42 heavy (non-hydrogen) atoms. The molecule has 0 aliphatic carbocycles. The Balaban J connectivity index is 1.09. The van der Waals surface area contributed by atoms with E-state index in [1.165, 1.54) is 5.56 Å². The Morgan fingerprint density at radius 2 is 1.50 bits per heavy atom. The van der Waals surface area contributed by atoms with Crippen LogP contribution in [0.2, 0.25) is 0 Å². The fourth-order valence-corrected chi connectivity index (χ4v) is 5.48. The smallest absolute Gasteiger partial charge is 0.445 e. The molecule has 0 radical (unpaired) electrons. The minimum absolute atomic E-state index is 0.145. The lowest BCUT2D eigenvalue weighted by Crippen LogP contribution is -2.41. The molecule has 0 bridgehead atoms. The summed E-state index contributed by atoms with van der Waals surface area (Å²) in [6, 6.07) is 26.0. The van der Waals surface area contributed by atoms with Gasteiger partial charge in [0.2, 0.25) is 5.91 Å². The van der Waals surface area contributed by atoms with Gasteiger partial charge in [-0.3, -0.25) is 4.79 Å². The minimum atomic E-state index is -0.438. The van der Waals surface area contributed by atoms with E-state index in [2.05, 4.69) is 17.4 Å². The predicted molar refractivity (Wildman–Crippen MR) is 164 cm³/mol. The van der Waals surface area contributed by atoms with Crippen molar-refractivity contribution in [1.82, 2.24) is 10.2 Å². The SMILES string of the molecule is CC1(C)OB(c2cccc(CC(=O)N3CCC(c4cccc(CNC(=O)OCc5ccccc5)c4)CC3)c2)OC1(C)C. The molecule has 0 saturated carbocycles. The molecule has 8 heteroatoms. The Morgan fingerprint density at radius 1 is 0.857 bits per heavy atom. The lowest BCUT2D eigenvalue weighted by atomic mass is 9.78. The van der Waals surface area contributed by atoms with Crippen LogP contribution in [-0.2, 0) is 38.4 Å². The van der Waals surface area contributed by atoms with Crippen LogP contribution in [0.5, 0.6) is 0 Å². The van der Waals surface area contributed by atoms with Gasteiger partial charge in [0.05, 0.1) is 17.6 Å². The fourth-order valence-electron chi connectivity index (χ4n) is 5.48. The van der Waals surface area contributed by atoms with Gasteiger partial charge in [0.1, 0.15) is 6.61 Å². The number of benzene rings is 3. The van der Waals surface area contributed by atoms with Gasteiger partial charge in [-0.25, -0.2) is 4.79 Å². The van der Waals surface area contributed by atoms with E-state index in [1.54, 1.807) is 0 Å². The minimum Gasteiger partial charge on any atom is -0.445 e. The van der Waals surface area contributed by atoms with Crippen molar-refractivity contribution in [2.45, 2.75) is 77.2 Å². The third kappa shape index (κ3) is 7.23. The van der Waals surface area contributed by atoms with Crippen LogP contribution in [0.1, 0.15) is 68.7 Å². The number of carbonyl (C=O) groups is 2. The molecular weight excluding hydrogens is 527 g/mol. The Hall–Kier alpha value is -3.62. The molecule has 2 aliphatic heterocycles. The summed E-state index contributed by atoms with van der Waals surface area (Å²) >= 11 is 0. The van der Waals surface area contributed by atoms with Crippen LogP contribution in [0.15, 0.2) is 78.9 Å². The van der Waals surface area contributed by atoms with Crippen molar-refractivity contribution in [3.05, 3.63) is 101 Å². The number of amides is 2. The van der Waals surface area contributed by atoms with Gasteiger partial charge in [-0.1, -0.05) is 78.9 Å². The maximum absolute atomic E-state index is 13.2. The summed E-state index contributed by atoms with van der Waals surface area (Å²) in [5, 5.41) is 2.84. The first-order chi connectivity index (χ1) is 20.1. The summed E-state index contributed by atoms with van der Waals surface area (Å²) in [5.41, 5.74) is 4.33. The number of alkyl carbamates (subject to hydrolysis) is 1. The van der Waals surface area contributed by atoms with E-state index in [4.69, 9.17) is 14.0 Å². The van der Waals surface area contributed by atoms with Crippen LogP contribution in [0.3, 0.4) is 0 Å². The lowest BCUT2D eigenvalue weighted by Gasteiger charge is -2.32. The maximum Gasteiger partial charge on any atom is 0.494 e. The number of piperidine rings is 1. The van der Waals surface area contributed by atoms with Gasteiger partial charge in [0.25, 0.3) is 0 Å². The van der Waals surface area contributed by atoms with E-state index in [0.29, 0.717) is 18.9 Å². The fraction of sp³-hybridized carbons (Fsp3) is 0.412. The molecule has 1 N–H and O–H groups in total. The van der Waals surface area contributed by atoms with Crippen LogP contribution in [0, 0.1) is 0 Å². The lowest BCUT2D eigenvalue weighted by molar-refractivity contribution is -0.131. The van der Waals surface area contributed by atoms with Gasteiger partial charge >= 0.3 is 13.2 Å². The normalized spacial score (nSPS) is 18.1. The van der Waals surface area contributed by atoms with Crippen molar-refractivity contribution in [3.8, 4) is 0 Å². The largest absolute Gasteiger partial charge is 0.494 e. The van der Waals surface area contributed by atoms with E-state index < -0.39 is 24.4 Å². The zero-order valence-electron chi connectivity index (χ0n) is 25.1. The average molecular weight is 569 g/mol. The highest BCUT2D eigenvalue weighted by Gasteiger charge is 2.51. The van der Waals surface area contributed by atoms with Gasteiger partial charge in [0.15, 0.2) is 0 Å². The summed E-state index contributed by atoms with van der Waals surface area (Å²) in [7, 11) is -0.438. The predicted octanol–water partition coefficient (Wildman–Crippen LogP) is 5.36. The first-order valence-corrected chi connectivity index (χ1v) is 14.9. The number of rotatable bonds is 8. The third-order valence-electron chi connectivity index (χ3n) is 8.75. The number of carbonyl (C=O) groups excluding carboxylic acids is 2. The van der Waals surface area contributed by atoms with E-state index >= 15 is 0 Å². The number of nitrogens with one attached hydrogen (secondary N) is 1. The molecule has 0 atom stereocenters. The molecule has 0 spiro atoms. The quantitative estimate of drug-likeness (QED) is 0.371. The second kappa shape index (κ2) is 12.7. The van der Waals surface area contributed by atoms with Crippen molar-refractivity contribution in [3.63, 3.8) is 0 Å². The second-order valence-electron chi connectivity index (χ2n) is 12.3. The van der Waals surface area contributed by atoms with E-state index in [-0.39, 0.29) is 12.5 Å². The Bertz CT molecular complexity index is 1370. The zero-order chi connectivity index (χ0) is 29.7. The topological polar surface area (TPSA) is 77.1 Å². The molecule has 2 heterocycles. The second-order valence-corrected chi connectivity index (χ2v) is 12.3.